The molecule has 0 saturated heterocycles. The third kappa shape index (κ3) is 4.43. The van der Waals surface area contributed by atoms with Gasteiger partial charge in [0.25, 0.3) is 5.91 Å². The van der Waals surface area contributed by atoms with E-state index in [1.54, 1.807) is 0 Å². The van der Waals surface area contributed by atoms with Crippen molar-refractivity contribution in [2.45, 2.75) is 32.7 Å². The van der Waals surface area contributed by atoms with Gasteiger partial charge in [0, 0.05) is 16.6 Å². The molecule has 3 heteroatoms. The summed E-state index contributed by atoms with van der Waals surface area (Å²) in [6.07, 6.45) is 0. The predicted molar refractivity (Wildman–Crippen MR) is 90.5 cm³/mol. The van der Waals surface area contributed by atoms with E-state index in [0.717, 1.165) is 10.0 Å². The highest BCUT2D eigenvalue weighted by molar-refractivity contribution is 9.10. The second kappa shape index (κ2) is 6.44. The molecule has 0 atom stereocenters. The zero-order valence-corrected chi connectivity index (χ0v) is 14.2. The topological polar surface area (TPSA) is 29.1 Å². The zero-order chi connectivity index (χ0) is 15.5. The number of nitrogens with one attached hydrogen (secondary N) is 1. The quantitative estimate of drug-likeness (QED) is 0.859. The molecule has 0 heterocycles. The molecule has 2 aromatic rings. The Kier molecular flexibility index (Phi) is 4.84. The first-order valence-electron chi connectivity index (χ1n) is 6.99. The van der Waals surface area contributed by atoms with Gasteiger partial charge in [-0.25, -0.2) is 0 Å². The molecule has 0 aromatic heterocycles. The average molecular weight is 346 g/mol. The summed E-state index contributed by atoms with van der Waals surface area (Å²) in [5.74, 6) is -0.0533. The number of halogens is 1. The second-order valence-corrected chi connectivity index (χ2v) is 7.05. The van der Waals surface area contributed by atoms with Gasteiger partial charge in [-0.05, 0) is 40.8 Å². The van der Waals surface area contributed by atoms with Crippen LogP contribution in [0.4, 0.5) is 0 Å². The summed E-state index contributed by atoms with van der Waals surface area (Å²) < 4.78 is 0.969. The van der Waals surface area contributed by atoms with Crippen molar-refractivity contribution in [2.24, 2.45) is 0 Å². The average Bonchev–Trinajstić information content (AvgIpc) is 2.45. The summed E-state index contributed by atoms with van der Waals surface area (Å²) in [5, 5.41) is 2.94. The summed E-state index contributed by atoms with van der Waals surface area (Å²) >= 11 is 3.36. The third-order valence-corrected chi connectivity index (χ3v) is 3.91. The van der Waals surface area contributed by atoms with E-state index in [4.69, 9.17) is 0 Å². The van der Waals surface area contributed by atoms with Gasteiger partial charge in [-0.2, -0.15) is 0 Å². The summed E-state index contributed by atoms with van der Waals surface area (Å²) in [7, 11) is 0. The standard InChI is InChI=1S/C18H20BrNO/c1-18(2,3)15-8-4-13(5-9-15)12-20-17(21)14-6-10-16(19)11-7-14/h4-11H,12H2,1-3H3,(H,20,21). The molecular formula is C18H20BrNO. The van der Waals surface area contributed by atoms with Gasteiger partial charge in [0.05, 0.1) is 0 Å². The molecule has 110 valence electrons. The van der Waals surface area contributed by atoms with E-state index >= 15 is 0 Å². The van der Waals surface area contributed by atoms with Crippen molar-refractivity contribution in [3.63, 3.8) is 0 Å². The predicted octanol–water partition coefficient (Wildman–Crippen LogP) is 4.68. The van der Waals surface area contributed by atoms with Crippen molar-refractivity contribution in [3.05, 3.63) is 69.7 Å². The number of hydrogen-bond acceptors (Lipinski definition) is 1. The van der Waals surface area contributed by atoms with E-state index in [0.29, 0.717) is 12.1 Å². The van der Waals surface area contributed by atoms with Crippen LogP contribution in [0.2, 0.25) is 0 Å². The fourth-order valence-corrected chi connectivity index (χ4v) is 2.27. The fourth-order valence-electron chi connectivity index (χ4n) is 2.01. The van der Waals surface area contributed by atoms with Gasteiger partial charge < -0.3 is 5.32 Å². The highest BCUT2D eigenvalue weighted by Crippen LogP contribution is 2.22. The van der Waals surface area contributed by atoms with E-state index < -0.39 is 0 Å². The molecule has 2 nitrogen and oxygen atoms in total. The first-order chi connectivity index (χ1) is 9.86. The van der Waals surface area contributed by atoms with E-state index in [-0.39, 0.29) is 11.3 Å². The summed E-state index contributed by atoms with van der Waals surface area (Å²) in [6.45, 7) is 7.12. The molecule has 2 aromatic carbocycles. The smallest absolute Gasteiger partial charge is 0.251 e. The number of carbonyl (C=O) groups is 1. The van der Waals surface area contributed by atoms with Crippen LogP contribution in [0.1, 0.15) is 42.3 Å². The van der Waals surface area contributed by atoms with Crippen molar-refractivity contribution in [1.29, 1.82) is 0 Å². The number of carbonyl (C=O) groups excluding carboxylic acids is 1. The lowest BCUT2D eigenvalue weighted by atomic mass is 9.87. The highest BCUT2D eigenvalue weighted by Gasteiger charge is 2.13. The Morgan fingerprint density at radius 1 is 1.00 bits per heavy atom. The summed E-state index contributed by atoms with van der Waals surface area (Å²) in [5.41, 5.74) is 3.22. The van der Waals surface area contributed by atoms with Gasteiger partial charge in [0.15, 0.2) is 0 Å². The molecule has 0 radical (unpaired) electrons. The summed E-state index contributed by atoms with van der Waals surface area (Å²) in [6, 6.07) is 15.7. The second-order valence-electron chi connectivity index (χ2n) is 6.14. The van der Waals surface area contributed by atoms with Crippen LogP contribution in [-0.4, -0.2) is 5.91 Å². The molecule has 0 bridgehead atoms. The molecule has 1 N–H and O–H groups in total. The van der Waals surface area contributed by atoms with Gasteiger partial charge in [-0.1, -0.05) is 61.0 Å². The van der Waals surface area contributed by atoms with Gasteiger partial charge >= 0.3 is 0 Å². The Balaban J connectivity index is 1.97. The molecule has 1 amide bonds. The van der Waals surface area contributed by atoms with Crippen LogP contribution < -0.4 is 5.32 Å². The van der Waals surface area contributed by atoms with Crippen LogP contribution in [0.25, 0.3) is 0 Å². The van der Waals surface area contributed by atoms with Gasteiger partial charge in [0.2, 0.25) is 0 Å². The van der Waals surface area contributed by atoms with Crippen molar-refractivity contribution >= 4 is 21.8 Å². The molecule has 0 fully saturated rings. The molecule has 21 heavy (non-hydrogen) atoms. The molecule has 0 saturated carbocycles. The maximum Gasteiger partial charge on any atom is 0.251 e. The Morgan fingerprint density at radius 2 is 1.57 bits per heavy atom. The van der Waals surface area contributed by atoms with Crippen LogP contribution in [0.15, 0.2) is 53.0 Å². The monoisotopic (exact) mass is 345 g/mol. The van der Waals surface area contributed by atoms with Crippen molar-refractivity contribution in [1.82, 2.24) is 5.32 Å². The Bertz CT molecular complexity index is 609. The van der Waals surface area contributed by atoms with Crippen molar-refractivity contribution in [3.8, 4) is 0 Å². The van der Waals surface area contributed by atoms with Crippen LogP contribution >= 0.6 is 15.9 Å². The van der Waals surface area contributed by atoms with Gasteiger partial charge in [-0.15, -0.1) is 0 Å². The molecule has 0 aliphatic heterocycles. The van der Waals surface area contributed by atoms with Crippen LogP contribution in [0.5, 0.6) is 0 Å². The fraction of sp³-hybridized carbons (Fsp3) is 0.278. The Morgan fingerprint density at radius 3 is 2.10 bits per heavy atom. The van der Waals surface area contributed by atoms with E-state index in [1.165, 1.54) is 5.56 Å². The van der Waals surface area contributed by atoms with E-state index in [9.17, 15) is 4.79 Å². The molecule has 0 spiro atoms. The Labute approximate surface area is 134 Å². The molecule has 0 unspecified atom stereocenters. The number of hydrogen-bond donors (Lipinski definition) is 1. The Hall–Kier alpha value is -1.61. The van der Waals surface area contributed by atoms with Gasteiger partial charge in [0.1, 0.15) is 0 Å². The maximum atomic E-state index is 12.0. The lowest BCUT2D eigenvalue weighted by Crippen LogP contribution is -2.22. The first-order valence-corrected chi connectivity index (χ1v) is 7.79. The normalized spacial score (nSPS) is 11.2. The first kappa shape index (κ1) is 15.8. The van der Waals surface area contributed by atoms with Crippen LogP contribution in [0.3, 0.4) is 0 Å². The lowest BCUT2D eigenvalue weighted by Gasteiger charge is -2.19. The number of amides is 1. The molecule has 2 rings (SSSR count). The number of benzene rings is 2. The molecule has 0 aliphatic rings. The highest BCUT2D eigenvalue weighted by atomic mass is 79.9. The summed E-state index contributed by atoms with van der Waals surface area (Å²) in [4.78, 5) is 12.0. The molecular weight excluding hydrogens is 326 g/mol. The molecule has 0 aliphatic carbocycles. The maximum absolute atomic E-state index is 12.0. The van der Waals surface area contributed by atoms with Crippen molar-refractivity contribution < 1.29 is 4.79 Å². The minimum atomic E-state index is -0.0533. The lowest BCUT2D eigenvalue weighted by molar-refractivity contribution is 0.0951. The minimum absolute atomic E-state index is 0.0533. The SMILES string of the molecule is CC(C)(C)c1ccc(CNC(=O)c2ccc(Br)cc2)cc1. The number of rotatable bonds is 3. The third-order valence-electron chi connectivity index (χ3n) is 3.38. The van der Waals surface area contributed by atoms with E-state index in [2.05, 4.69) is 66.3 Å². The largest absolute Gasteiger partial charge is 0.348 e. The van der Waals surface area contributed by atoms with Crippen LogP contribution in [-0.2, 0) is 12.0 Å². The minimum Gasteiger partial charge on any atom is -0.348 e. The van der Waals surface area contributed by atoms with Crippen LogP contribution in [0, 0.1) is 0 Å². The van der Waals surface area contributed by atoms with E-state index in [1.807, 2.05) is 24.3 Å². The van der Waals surface area contributed by atoms with Crippen molar-refractivity contribution in [2.75, 3.05) is 0 Å². The zero-order valence-electron chi connectivity index (χ0n) is 12.6. The van der Waals surface area contributed by atoms with Gasteiger partial charge in [-0.3, -0.25) is 4.79 Å².